The van der Waals surface area contributed by atoms with Crippen molar-refractivity contribution in [3.05, 3.63) is 0 Å². The molecule has 0 bridgehead atoms. The Bertz CT molecular complexity index is 227. The molecule has 0 aromatic rings. The van der Waals surface area contributed by atoms with Crippen LogP contribution in [-0.2, 0) is 9.53 Å². The fraction of sp³-hybridized carbons (Fsp3) is 0.778. The molecule has 0 saturated carbocycles. The molecule has 1 unspecified atom stereocenters. The first kappa shape index (κ1) is 11.4. The number of carbonyl (C=O) groups is 1. The smallest absolute Gasteiger partial charge is 0.223 e. The average Bonchev–Trinajstić information content (AvgIpc) is 2.19. The highest BCUT2D eigenvalue weighted by molar-refractivity contribution is 7.80. The molecule has 0 aromatic heterocycles. The summed E-state index contributed by atoms with van der Waals surface area (Å²) in [5, 5.41) is 0. The van der Waals surface area contributed by atoms with Crippen LogP contribution in [-0.4, -0.2) is 42.1 Å². The van der Waals surface area contributed by atoms with E-state index in [1.165, 1.54) is 0 Å². The molecule has 14 heavy (non-hydrogen) atoms. The van der Waals surface area contributed by atoms with E-state index in [1.54, 1.807) is 4.90 Å². The Hall–Kier alpha value is -0.680. The normalized spacial score (nSPS) is 19.1. The number of ether oxygens (including phenoxy) is 1. The molecular weight excluding hydrogens is 200 g/mol. The van der Waals surface area contributed by atoms with Gasteiger partial charge in [0, 0.05) is 25.4 Å². The van der Waals surface area contributed by atoms with Gasteiger partial charge in [-0.25, -0.2) is 0 Å². The van der Waals surface area contributed by atoms with E-state index >= 15 is 0 Å². The van der Waals surface area contributed by atoms with Gasteiger partial charge in [0.05, 0.1) is 18.2 Å². The Morgan fingerprint density at radius 3 is 2.64 bits per heavy atom. The zero-order valence-electron chi connectivity index (χ0n) is 8.36. The highest BCUT2D eigenvalue weighted by Crippen LogP contribution is 2.07. The number of nitrogens with zero attached hydrogens (tertiary/aromatic N) is 1. The minimum Gasteiger partial charge on any atom is -0.393 e. The van der Waals surface area contributed by atoms with Gasteiger partial charge in [0.2, 0.25) is 5.91 Å². The second-order valence-corrected chi connectivity index (χ2v) is 3.97. The lowest BCUT2D eigenvalue weighted by Gasteiger charge is -2.27. The van der Waals surface area contributed by atoms with Crippen molar-refractivity contribution >= 4 is 23.1 Å². The second-order valence-electron chi connectivity index (χ2n) is 3.50. The molecule has 1 aliphatic rings. The van der Waals surface area contributed by atoms with Crippen molar-refractivity contribution < 1.29 is 9.53 Å². The van der Waals surface area contributed by atoms with Crippen LogP contribution < -0.4 is 5.73 Å². The van der Waals surface area contributed by atoms with Gasteiger partial charge >= 0.3 is 0 Å². The number of morpholine rings is 1. The predicted molar refractivity (Wildman–Crippen MR) is 58.0 cm³/mol. The number of thiocarbonyl (C=S) groups is 1. The van der Waals surface area contributed by atoms with Gasteiger partial charge in [-0.1, -0.05) is 19.1 Å². The van der Waals surface area contributed by atoms with Crippen molar-refractivity contribution in [2.75, 3.05) is 26.3 Å². The van der Waals surface area contributed by atoms with Gasteiger partial charge in [-0.05, 0) is 0 Å². The van der Waals surface area contributed by atoms with Crippen LogP contribution in [0.2, 0.25) is 0 Å². The van der Waals surface area contributed by atoms with Crippen LogP contribution in [0.1, 0.15) is 13.3 Å². The maximum Gasteiger partial charge on any atom is 0.223 e. The van der Waals surface area contributed by atoms with Gasteiger partial charge in [-0.2, -0.15) is 0 Å². The maximum atomic E-state index is 11.7. The first-order valence-electron chi connectivity index (χ1n) is 4.76. The summed E-state index contributed by atoms with van der Waals surface area (Å²) in [6, 6.07) is 0. The standard InChI is InChI=1S/C9H16N2O2S/c1-7(9(10)14)6-8(12)11-2-4-13-5-3-11/h7H,2-6H2,1H3,(H2,10,14). The van der Waals surface area contributed by atoms with Gasteiger partial charge in [-0.3, -0.25) is 4.79 Å². The number of amides is 1. The Labute approximate surface area is 89.4 Å². The third kappa shape index (κ3) is 3.23. The molecule has 1 fully saturated rings. The summed E-state index contributed by atoms with van der Waals surface area (Å²) < 4.78 is 5.16. The second kappa shape index (κ2) is 5.26. The van der Waals surface area contributed by atoms with Crippen LogP contribution in [0.15, 0.2) is 0 Å². The molecule has 0 radical (unpaired) electrons. The third-order valence-electron chi connectivity index (χ3n) is 2.33. The first-order chi connectivity index (χ1) is 6.61. The van der Waals surface area contributed by atoms with Crippen molar-refractivity contribution in [1.82, 2.24) is 4.90 Å². The molecule has 1 heterocycles. The summed E-state index contributed by atoms with van der Waals surface area (Å²) in [6.07, 6.45) is 0.412. The Balaban J connectivity index is 2.36. The minimum atomic E-state index is -0.0136. The fourth-order valence-electron chi connectivity index (χ4n) is 1.30. The van der Waals surface area contributed by atoms with Gasteiger partial charge < -0.3 is 15.4 Å². The van der Waals surface area contributed by atoms with Gasteiger partial charge in [0.15, 0.2) is 0 Å². The molecule has 1 aliphatic heterocycles. The van der Waals surface area contributed by atoms with E-state index in [0.29, 0.717) is 37.7 Å². The van der Waals surface area contributed by atoms with Crippen LogP contribution in [0, 0.1) is 5.92 Å². The Kier molecular flexibility index (Phi) is 4.28. The summed E-state index contributed by atoms with van der Waals surface area (Å²) in [4.78, 5) is 13.9. The molecule has 0 aromatic carbocycles. The number of carbonyl (C=O) groups excluding carboxylic acids is 1. The predicted octanol–water partition coefficient (Wildman–Crippen LogP) is 0.158. The summed E-state index contributed by atoms with van der Waals surface area (Å²) >= 11 is 4.82. The lowest BCUT2D eigenvalue weighted by Crippen LogP contribution is -2.41. The monoisotopic (exact) mass is 216 g/mol. The zero-order chi connectivity index (χ0) is 10.6. The van der Waals surface area contributed by atoms with E-state index < -0.39 is 0 Å². The van der Waals surface area contributed by atoms with Crippen molar-refractivity contribution in [3.8, 4) is 0 Å². The van der Waals surface area contributed by atoms with Crippen molar-refractivity contribution in [1.29, 1.82) is 0 Å². The van der Waals surface area contributed by atoms with E-state index in [1.807, 2.05) is 6.92 Å². The Morgan fingerprint density at radius 1 is 1.57 bits per heavy atom. The quantitative estimate of drug-likeness (QED) is 0.683. The largest absolute Gasteiger partial charge is 0.393 e. The number of nitrogens with two attached hydrogens (primary N) is 1. The van der Waals surface area contributed by atoms with E-state index in [2.05, 4.69) is 0 Å². The van der Waals surface area contributed by atoms with Gasteiger partial charge in [0.1, 0.15) is 0 Å². The van der Waals surface area contributed by atoms with Crippen LogP contribution >= 0.6 is 12.2 Å². The number of rotatable bonds is 3. The van der Waals surface area contributed by atoms with E-state index in [-0.39, 0.29) is 11.8 Å². The molecule has 1 rings (SSSR count). The molecule has 0 spiro atoms. The molecule has 0 aliphatic carbocycles. The van der Waals surface area contributed by atoms with Crippen molar-refractivity contribution in [3.63, 3.8) is 0 Å². The maximum absolute atomic E-state index is 11.7. The highest BCUT2D eigenvalue weighted by atomic mass is 32.1. The van der Waals surface area contributed by atoms with E-state index in [9.17, 15) is 4.79 Å². The van der Waals surface area contributed by atoms with Gasteiger partial charge in [-0.15, -0.1) is 0 Å². The molecule has 5 heteroatoms. The summed E-state index contributed by atoms with van der Waals surface area (Å²) in [5.74, 6) is 0.106. The van der Waals surface area contributed by atoms with Crippen LogP contribution in [0.5, 0.6) is 0 Å². The minimum absolute atomic E-state index is 0.0136. The zero-order valence-corrected chi connectivity index (χ0v) is 9.18. The SMILES string of the molecule is CC(CC(=O)N1CCOCC1)C(N)=S. The first-order valence-corrected chi connectivity index (χ1v) is 5.17. The molecule has 4 nitrogen and oxygen atoms in total. The lowest BCUT2D eigenvalue weighted by molar-refractivity contribution is -0.135. The number of hydrogen-bond acceptors (Lipinski definition) is 3. The van der Waals surface area contributed by atoms with Crippen molar-refractivity contribution in [2.45, 2.75) is 13.3 Å². The summed E-state index contributed by atoms with van der Waals surface area (Å²) in [7, 11) is 0. The highest BCUT2D eigenvalue weighted by Gasteiger charge is 2.19. The molecular formula is C9H16N2O2S. The Morgan fingerprint density at radius 2 is 2.14 bits per heavy atom. The van der Waals surface area contributed by atoms with Crippen LogP contribution in [0.4, 0.5) is 0 Å². The summed E-state index contributed by atoms with van der Waals surface area (Å²) in [6.45, 7) is 4.51. The fourth-order valence-corrected chi connectivity index (χ4v) is 1.39. The average molecular weight is 216 g/mol. The molecule has 1 amide bonds. The summed E-state index contributed by atoms with van der Waals surface area (Å²) in [5.41, 5.74) is 5.45. The lowest BCUT2D eigenvalue weighted by atomic mass is 10.1. The third-order valence-corrected chi connectivity index (χ3v) is 2.73. The van der Waals surface area contributed by atoms with Crippen LogP contribution in [0.3, 0.4) is 0 Å². The van der Waals surface area contributed by atoms with Crippen molar-refractivity contribution in [2.24, 2.45) is 11.7 Å². The van der Waals surface area contributed by atoms with Gasteiger partial charge in [0.25, 0.3) is 0 Å². The van der Waals surface area contributed by atoms with E-state index in [0.717, 1.165) is 0 Å². The molecule has 80 valence electrons. The molecule has 2 N–H and O–H groups in total. The molecule has 1 saturated heterocycles. The molecule has 1 atom stereocenters. The van der Waals surface area contributed by atoms with Crippen LogP contribution in [0.25, 0.3) is 0 Å². The van der Waals surface area contributed by atoms with E-state index in [4.69, 9.17) is 22.7 Å². The number of hydrogen-bond donors (Lipinski definition) is 1. The topological polar surface area (TPSA) is 55.6 Å².